The molecule has 2 aromatic rings. The van der Waals surface area contributed by atoms with Gasteiger partial charge in [-0.1, -0.05) is 64.5 Å². The third kappa shape index (κ3) is 7.84. The molecule has 36 heavy (non-hydrogen) atoms. The van der Waals surface area contributed by atoms with Crippen molar-refractivity contribution in [3.63, 3.8) is 0 Å². The summed E-state index contributed by atoms with van der Waals surface area (Å²) in [6.45, 7) is 1.26. The molecular weight excluding hydrogens is 589 g/mol. The van der Waals surface area contributed by atoms with Gasteiger partial charge in [0.2, 0.25) is 21.8 Å². The molecule has 0 saturated heterocycles. The Kier molecular flexibility index (Phi) is 10.1. The maximum absolute atomic E-state index is 13.6. The van der Waals surface area contributed by atoms with E-state index in [1.54, 1.807) is 49.4 Å². The predicted octanol–water partition coefficient (Wildman–Crippen LogP) is 5.39. The van der Waals surface area contributed by atoms with Crippen LogP contribution in [0.1, 0.15) is 44.6 Å². The maximum Gasteiger partial charge on any atom is 0.244 e. The van der Waals surface area contributed by atoms with Gasteiger partial charge in [-0.15, -0.1) is 0 Å². The Morgan fingerprint density at radius 3 is 2.28 bits per heavy atom. The van der Waals surface area contributed by atoms with Crippen LogP contribution in [0.5, 0.6) is 0 Å². The second kappa shape index (κ2) is 12.6. The molecule has 7 nitrogen and oxygen atoms in total. The number of halogens is 3. The standard InChI is InChI=1S/C25H30BrCl2N3O4S/c1-17(25(33)29-20-6-4-3-5-7-20)30(15-18-8-13-22(27)23(28)14-18)24(32)16-31(36(2,34)35)21-11-9-19(26)10-12-21/h8-14,17,20H,3-7,15-16H2,1-2H3,(H,29,33)/t17-/m0/s1. The van der Waals surface area contributed by atoms with Crippen molar-refractivity contribution in [1.82, 2.24) is 10.2 Å². The Balaban J connectivity index is 1.88. The molecule has 196 valence electrons. The summed E-state index contributed by atoms with van der Waals surface area (Å²) in [7, 11) is -3.78. The first kappa shape index (κ1) is 28.8. The lowest BCUT2D eigenvalue weighted by atomic mass is 9.95. The summed E-state index contributed by atoms with van der Waals surface area (Å²) in [6, 6.07) is 10.9. The summed E-state index contributed by atoms with van der Waals surface area (Å²) in [4.78, 5) is 28.2. The normalized spacial score (nSPS) is 15.2. The summed E-state index contributed by atoms with van der Waals surface area (Å²) in [5.41, 5.74) is 1.02. The van der Waals surface area contributed by atoms with Crippen molar-refractivity contribution in [3.05, 3.63) is 62.5 Å². The van der Waals surface area contributed by atoms with Crippen molar-refractivity contribution >= 4 is 66.7 Å². The minimum absolute atomic E-state index is 0.0624. The average molecular weight is 619 g/mol. The lowest BCUT2D eigenvalue weighted by Crippen LogP contribution is -2.52. The summed E-state index contributed by atoms with van der Waals surface area (Å²) < 4.78 is 27.0. The van der Waals surface area contributed by atoms with Gasteiger partial charge in [0.15, 0.2) is 0 Å². The predicted molar refractivity (Wildman–Crippen MR) is 148 cm³/mol. The molecule has 1 fully saturated rings. The van der Waals surface area contributed by atoms with Gasteiger partial charge in [0.05, 0.1) is 22.0 Å². The van der Waals surface area contributed by atoms with E-state index in [1.165, 1.54) is 4.90 Å². The van der Waals surface area contributed by atoms with Crippen LogP contribution in [-0.4, -0.2) is 50.0 Å². The zero-order valence-electron chi connectivity index (χ0n) is 20.2. The van der Waals surface area contributed by atoms with Gasteiger partial charge in [0.1, 0.15) is 12.6 Å². The van der Waals surface area contributed by atoms with Crippen LogP contribution < -0.4 is 9.62 Å². The minimum Gasteiger partial charge on any atom is -0.352 e. The second-order valence-corrected chi connectivity index (χ2v) is 12.7. The van der Waals surface area contributed by atoms with Crippen LogP contribution in [0.4, 0.5) is 5.69 Å². The third-order valence-corrected chi connectivity index (χ3v) is 8.66. The van der Waals surface area contributed by atoms with Crippen LogP contribution in [0.2, 0.25) is 10.0 Å². The fourth-order valence-electron chi connectivity index (χ4n) is 4.21. The van der Waals surface area contributed by atoms with Gasteiger partial charge in [-0.05, 0) is 61.7 Å². The van der Waals surface area contributed by atoms with Crippen LogP contribution in [0.3, 0.4) is 0 Å². The van der Waals surface area contributed by atoms with Crippen molar-refractivity contribution in [1.29, 1.82) is 0 Å². The van der Waals surface area contributed by atoms with Crippen LogP contribution in [0, 0.1) is 0 Å². The molecule has 0 spiro atoms. The van der Waals surface area contributed by atoms with E-state index >= 15 is 0 Å². The molecule has 1 atom stereocenters. The Labute approximate surface area is 231 Å². The number of carbonyl (C=O) groups is 2. The molecule has 3 rings (SSSR count). The van der Waals surface area contributed by atoms with Gasteiger partial charge < -0.3 is 10.2 Å². The first-order valence-corrected chi connectivity index (χ1v) is 15.1. The number of sulfonamides is 1. The number of nitrogens with one attached hydrogen (secondary N) is 1. The first-order chi connectivity index (χ1) is 17.0. The molecule has 1 N–H and O–H groups in total. The van der Waals surface area contributed by atoms with Gasteiger partial charge in [0, 0.05) is 17.1 Å². The van der Waals surface area contributed by atoms with Crippen molar-refractivity contribution in [3.8, 4) is 0 Å². The number of benzene rings is 2. The van der Waals surface area contributed by atoms with Crippen LogP contribution in [-0.2, 0) is 26.2 Å². The highest BCUT2D eigenvalue weighted by molar-refractivity contribution is 9.10. The van der Waals surface area contributed by atoms with E-state index in [1.807, 2.05) is 0 Å². The van der Waals surface area contributed by atoms with Gasteiger partial charge in [-0.3, -0.25) is 13.9 Å². The number of carbonyl (C=O) groups excluding carboxylic acids is 2. The molecule has 0 bridgehead atoms. The van der Waals surface area contributed by atoms with E-state index in [4.69, 9.17) is 23.2 Å². The van der Waals surface area contributed by atoms with Crippen molar-refractivity contribution in [2.45, 2.75) is 57.7 Å². The molecule has 0 aromatic heterocycles. The van der Waals surface area contributed by atoms with Gasteiger partial charge >= 0.3 is 0 Å². The van der Waals surface area contributed by atoms with Crippen LogP contribution in [0.15, 0.2) is 46.9 Å². The molecule has 0 unspecified atom stereocenters. The van der Waals surface area contributed by atoms with Gasteiger partial charge in [0.25, 0.3) is 0 Å². The highest BCUT2D eigenvalue weighted by atomic mass is 79.9. The van der Waals surface area contributed by atoms with Crippen molar-refractivity contribution in [2.75, 3.05) is 17.1 Å². The highest BCUT2D eigenvalue weighted by Gasteiger charge is 2.31. The number of nitrogens with zero attached hydrogens (tertiary/aromatic N) is 2. The van der Waals surface area contributed by atoms with Crippen molar-refractivity contribution < 1.29 is 18.0 Å². The zero-order valence-corrected chi connectivity index (χ0v) is 24.1. The topological polar surface area (TPSA) is 86.8 Å². The fraction of sp³-hybridized carbons (Fsp3) is 0.440. The lowest BCUT2D eigenvalue weighted by Gasteiger charge is -2.33. The molecule has 11 heteroatoms. The molecule has 0 heterocycles. The monoisotopic (exact) mass is 617 g/mol. The Bertz CT molecular complexity index is 1190. The molecule has 1 saturated carbocycles. The lowest BCUT2D eigenvalue weighted by molar-refractivity contribution is -0.139. The van der Waals surface area contributed by atoms with E-state index in [-0.39, 0.29) is 18.5 Å². The van der Waals surface area contributed by atoms with E-state index in [0.717, 1.165) is 47.1 Å². The summed E-state index contributed by atoms with van der Waals surface area (Å²) in [5, 5.41) is 3.77. The quantitative estimate of drug-likeness (QED) is 0.408. The molecule has 2 aromatic carbocycles. The van der Waals surface area contributed by atoms with E-state index in [2.05, 4.69) is 21.2 Å². The number of amides is 2. The molecular formula is C25H30BrCl2N3O4S. The second-order valence-electron chi connectivity index (χ2n) is 9.04. The molecule has 1 aliphatic rings. The summed E-state index contributed by atoms with van der Waals surface area (Å²) >= 11 is 15.6. The summed E-state index contributed by atoms with van der Waals surface area (Å²) in [6.07, 6.45) is 6.13. The number of hydrogen-bond donors (Lipinski definition) is 1. The zero-order chi connectivity index (χ0) is 26.5. The molecule has 2 amide bonds. The fourth-order valence-corrected chi connectivity index (χ4v) is 5.64. The molecule has 0 aliphatic heterocycles. The number of anilines is 1. The smallest absolute Gasteiger partial charge is 0.244 e. The third-order valence-electron chi connectivity index (χ3n) is 6.25. The minimum atomic E-state index is -3.78. The van der Waals surface area contributed by atoms with E-state index in [9.17, 15) is 18.0 Å². The summed E-state index contributed by atoms with van der Waals surface area (Å²) in [5.74, 6) is -0.787. The Hall–Kier alpha value is -1.81. The molecule has 1 aliphatic carbocycles. The first-order valence-electron chi connectivity index (χ1n) is 11.7. The van der Waals surface area contributed by atoms with E-state index < -0.39 is 28.5 Å². The maximum atomic E-state index is 13.6. The number of hydrogen-bond acceptors (Lipinski definition) is 4. The number of rotatable bonds is 9. The van der Waals surface area contributed by atoms with Gasteiger partial charge in [-0.25, -0.2) is 8.42 Å². The Morgan fingerprint density at radius 2 is 1.69 bits per heavy atom. The average Bonchev–Trinajstić information content (AvgIpc) is 2.83. The molecule has 0 radical (unpaired) electrons. The van der Waals surface area contributed by atoms with Crippen molar-refractivity contribution in [2.24, 2.45) is 0 Å². The highest BCUT2D eigenvalue weighted by Crippen LogP contribution is 2.25. The Morgan fingerprint density at radius 1 is 1.06 bits per heavy atom. The SMILES string of the molecule is C[C@@H](C(=O)NC1CCCCC1)N(Cc1ccc(Cl)c(Cl)c1)C(=O)CN(c1ccc(Br)cc1)S(C)(=O)=O. The van der Waals surface area contributed by atoms with Crippen LogP contribution >= 0.6 is 39.1 Å². The van der Waals surface area contributed by atoms with Gasteiger partial charge in [-0.2, -0.15) is 0 Å². The van der Waals surface area contributed by atoms with Crippen LogP contribution in [0.25, 0.3) is 0 Å². The largest absolute Gasteiger partial charge is 0.352 e. The van der Waals surface area contributed by atoms with E-state index in [0.29, 0.717) is 21.3 Å².